The van der Waals surface area contributed by atoms with Crippen molar-refractivity contribution in [2.45, 2.75) is 52.4 Å². The maximum absolute atomic E-state index is 5.55. The van der Waals surface area contributed by atoms with Gasteiger partial charge in [0.25, 0.3) is 0 Å². The third-order valence-electron chi connectivity index (χ3n) is 6.81. The van der Waals surface area contributed by atoms with E-state index in [2.05, 4.69) is 70.0 Å². The maximum Gasteiger partial charge on any atom is 0.161 e. The molecule has 172 valence electrons. The summed E-state index contributed by atoms with van der Waals surface area (Å²) in [5.41, 5.74) is 3.91. The lowest BCUT2D eigenvalue weighted by Crippen LogP contribution is -2.31. The zero-order valence-corrected chi connectivity index (χ0v) is 20.7. The molecule has 2 rings (SSSR count). The molecule has 0 aliphatic carbocycles. The van der Waals surface area contributed by atoms with Crippen LogP contribution in [0.4, 0.5) is 0 Å². The second-order valence-corrected chi connectivity index (χ2v) is 9.10. The summed E-state index contributed by atoms with van der Waals surface area (Å²) in [6.45, 7) is 11.2. The van der Waals surface area contributed by atoms with E-state index in [0.717, 1.165) is 49.6 Å². The molecule has 2 aromatic carbocycles. The molecule has 0 saturated carbocycles. The van der Waals surface area contributed by atoms with Gasteiger partial charge in [-0.3, -0.25) is 0 Å². The molecule has 0 N–H and O–H groups in total. The molecule has 2 aromatic rings. The molecule has 0 radical (unpaired) electrons. The van der Waals surface area contributed by atoms with E-state index >= 15 is 0 Å². The highest BCUT2D eigenvalue weighted by atomic mass is 16.5. The number of hydrogen-bond donors (Lipinski definition) is 0. The summed E-state index contributed by atoms with van der Waals surface area (Å²) in [7, 11) is 7.34. The van der Waals surface area contributed by atoms with Crippen molar-refractivity contribution in [3.63, 3.8) is 0 Å². The largest absolute Gasteiger partial charge is 0.496 e. The Bertz CT molecular complexity index is 833. The van der Waals surface area contributed by atoms with Gasteiger partial charge in [-0.2, -0.15) is 0 Å². The van der Waals surface area contributed by atoms with Crippen LogP contribution in [0.2, 0.25) is 0 Å². The van der Waals surface area contributed by atoms with Crippen molar-refractivity contribution in [2.24, 2.45) is 5.92 Å². The van der Waals surface area contributed by atoms with Crippen LogP contribution in [0.1, 0.15) is 50.3 Å². The highest BCUT2D eigenvalue weighted by Crippen LogP contribution is 2.40. The molecule has 0 heterocycles. The number of likely N-dealkylation sites (N-methyl/N-ethyl adjacent to an activating group) is 1. The zero-order valence-electron chi connectivity index (χ0n) is 20.7. The fourth-order valence-corrected chi connectivity index (χ4v) is 4.13. The van der Waals surface area contributed by atoms with Crippen LogP contribution in [0.15, 0.2) is 36.4 Å². The monoisotopic (exact) mass is 427 g/mol. The van der Waals surface area contributed by atoms with E-state index < -0.39 is 0 Å². The molecule has 0 aliphatic heterocycles. The fourth-order valence-electron chi connectivity index (χ4n) is 4.13. The third kappa shape index (κ3) is 6.39. The van der Waals surface area contributed by atoms with Crippen molar-refractivity contribution in [3.8, 4) is 17.2 Å². The van der Waals surface area contributed by atoms with Crippen molar-refractivity contribution in [1.82, 2.24) is 4.90 Å². The van der Waals surface area contributed by atoms with E-state index in [1.54, 1.807) is 21.3 Å². The number of aryl methyl sites for hydroxylation is 1. The molecule has 0 saturated heterocycles. The SMILES string of the molecule is COc1cc(CCN(C)CCCC(C)(c2ccc(OC)c(OC)c2)C(C)C)ccc1C. The van der Waals surface area contributed by atoms with E-state index in [4.69, 9.17) is 14.2 Å². The Balaban J connectivity index is 1.96. The Labute approximate surface area is 189 Å². The Hall–Kier alpha value is -2.20. The Morgan fingerprint density at radius 1 is 0.871 bits per heavy atom. The number of hydrogen-bond acceptors (Lipinski definition) is 4. The van der Waals surface area contributed by atoms with Crippen molar-refractivity contribution in [2.75, 3.05) is 41.5 Å². The van der Waals surface area contributed by atoms with Crippen molar-refractivity contribution >= 4 is 0 Å². The molecule has 0 bridgehead atoms. The summed E-state index contributed by atoms with van der Waals surface area (Å²) >= 11 is 0. The van der Waals surface area contributed by atoms with Gasteiger partial charge in [-0.15, -0.1) is 0 Å². The minimum Gasteiger partial charge on any atom is -0.496 e. The first-order valence-electron chi connectivity index (χ1n) is 11.3. The van der Waals surface area contributed by atoms with Crippen molar-refractivity contribution in [1.29, 1.82) is 0 Å². The summed E-state index contributed by atoms with van der Waals surface area (Å²) in [5, 5.41) is 0. The molecular weight excluding hydrogens is 386 g/mol. The lowest BCUT2D eigenvalue weighted by molar-refractivity contribution is 0.267. The van der Waals surface area contributed by atoms with Gasteiger partial charge < -0.3 is 19.1 Å². The molecule has 4 heteroatoms. The molecule has 0 spiro atoms. The normalized spacial score (nSPS) is 13.4. The predicted octanol–water partition coefficient (Wildman–Crippen LogP) is 5.89. The van der Waals surface area contributed by atoms with Crippen LogP contribution in [-0.4, -0.2) is 46.4 Å². The average Bonchev–Trinajstić information content (AvgIpc) is 2.77. The summed E-state index contributed by atoms with van der Waals surface area (Å²) in [5.74, 6) is 3.08. The molecule has 4 nitrogen and oxygen atoms in total. The highest BCUT2D eigenvalue weighted by Gasteiger charge is 2.31. The molecule has 0 amide bonds. The average molecular weight is 428 g/mol. The topological polar surface area (TPSA) is 30.9 Å². The molecule has 31 heavy (non-hydrogen) atoms. The minimum absolute atomic E-state index is 0.0880. The predicted molar refractivity (Wildman–Crippen MR) is 130 cm³/mol. The van der Waals surface area contributed by atoms with Crippen LogP contribution >= 0.6 is 0 Å². The third-order valence-corrected chi connectivity index (χ3v) is 6.81. The number of methoxy groups -OCH3 is 3. The van der Waals surface area contributed by atoms with E-state index in [1.807, 2.05) is 6.07 Å². The van der Waals surface area contributed by atoms with E-state index in [9.17, 15) is 0 Å². The first kappa shape index (κ1) is 25.1. The van der Waals surface area contributed by atoms with Crippen LogP contribution in [0.3, 0.4) is 0 Å². The van der Waals surface area contributed by atoms with Crippen LogP contribution in [-0.2, 0) is 11.8 Å². The quantitative estimate of drug-likeness (QED) is 0.423. The van der Waals surface area contributed by atoms with Crippen molar-refractivity contribution < 1.29 is 14.2 Å². The molecule has 0 aliphatic rings. The Kier molecular flexibility index (Phi) is 9.24. The van der Waals surface area contributed by atoms with Crippen LogP contribution in [0.25, 0.3) is 0 Å². The standard InChI is InChI=1S/C27H41NO3/c1-20(2)27(4,23-12-13-24(29-6)26(19-23)31-8)15-9-16-28(5)17-14-22-11-10-21(3)25(18-22)30-7/h10-13,18-20H,9,14-17H2,1-8H3. The first-order chi connectivity index (χ1) is 14.7. The Morgan fingerprint density at radius 3 is 2.16 bits per heavy atom. The number of ether oxygens (including phenoxy) is 3. The van der Waals surface area contributed by atoms with Gasteiger partial charge in [0.15, 0.2) is 11.5 Å². The minimum atomic E-state index is 0.0880. The number of nitrogens with zero attached hydrogens (tertiary/aromatic N) is 1. The van der Waals surface area contributed by atoms with E-state index in [-0.39, 0.29) is 5.41 Å². The van der Waals surface area contributed by atoms with Crippen LogP contribution < -0.4 is 14.2 Å². The highest BCUT2D eigenvalue weighted by molar-refractivity contribution is 5.45. The molecule has 0 aromatic heterocycles. The van der Waals surface area contributed by atoms with Crippen molar-refractivity contribution in [3.05, 3.63) is 53.1 Å². The molecular formula is C27H41NO3. The lowest BCUT2D eigenvalue weighted by atomic mass is 9.70. The fraction of sp³-hybridized carbons (Fsp3) is 0.556. The Morgan fingerprint density at radius 2 is 1.55 bits per heavy atom. The van der Waals surface area contributed by atoms with Gasteiger partial charge >= 0.3 is 0 Å². The summed E-state index contributed by atoms with van der Waals surface area (Å²) in [4.78, 5) is 2.43. The molecule has 1 unspecified atom stereocenters. The second kappa shape index (κ2) is 11.4. The van der Waals surface area contributed by atoms with Gasteiger partial charge in [-0.1, -0.05) is 39.0 Å². The number of rotatable bonds is 12. The lowest BCUT2D eigenvalue weighted by Gasteiger charge is -2.35. The summed E-state index contributed by atoms with van der Waals surface area (Å²) < 4.78 is 16.4. The maximum atomic E-state index is 5.55. The van der Waals surface area contributed by atoms with Gasteiger partial charge in [-0.25, -0.2) is 0 Å². The van der Waals surface area contributed by atoms with Crippen LogP contribution in [0.5, 0.6) is 17.2 Å². The van der Waals surface area contributed by atoms with Gasteiger partial charge in [-0.05, 0) is 86.0 Å². The first-order valence-corrected chi connectivity index (χ1v) is 11.3. The van der Waals surface area contributed by atoms with Gasteiger partial charge in [0, 0.05) is 6.54 Å². The summed E-state index contributed by atoms with van der Waals surface area (Å²) in [6, 6.07) is 12.9. The zero-order chi connectivity index (χ0) is 23.0. The molecule has 0 fully saturated rings. The van der Waals surface area contributed by atoms with E-state index in [0.29, 0.717) is 5.92 Å². The summed E-state index contributed by atoms with van der Waals surface area (Å²) in [6.07, 6.45) is 3.31. The smallest absolute Gasteiger partial charge is 0.161 e. The van der Waals surface area contributed by atoms with Crippen LogP contribution in [0, 0.1) is 12.8 Å². The van der Waals surface area contributed by atoms with Gasteiger partial charge in [0.05, 0.1) is 21.3 Å². The molecule has 1 atom stereocenters. The number of benzene rings is 2. The van der Waals surface area contributed by atoms with Gasteiger partial charge in [0.2, 0.25) is 0 Å². The van der Waals surface area contributed by atoms with Gasteiger partial charge in [0.1, 0.15) is 5.75 Å². The second-order valence-electron chi connectivity index (χ2n) is 9.10. The van der Waals surface area contributed by atoms with E-state index in [1.165, 1.54) is 16.7 Å².